The number of benzene rings is 2. The zero-order valence-electron chi connectivity index (χ0n) is 12.8. The number of nitrogens with two attached hydrogens (primary N) is 1. The molecule has 0 fully saturated rings. The molecular formula is C17H14F2N2O4. The molecule has 0 aliphatic heterocycles. The number of nitrogens with one attached hydrogen (secondary N) is 1. The monoisotopic (exact) mass is 348 g/mol. The molecule has 130 valence electrons. The molecule has 0 heterocycles. The van der Waals surface area contributed by atoms with Gasteiger partial charge >= 0.3 is 5.97 Å². The number of carbonyl (C=O) groups is 3. The molecule has 4 N–H and O–H groups in total. The third-order valence-corrected chi connectivity index (χ3v) is 3.41. The number of hydrogen-bond acceptors (Lipinski definition) is 3. The van der Waals surface area contributed by atoms with E-state index in [0.717, 1.165) is 12.1 Å². The number of aromatic carboxylic acids is 1. The molecule has 6 nitrogen and oxygen atoms in total. The van der Waals surface area contributed by atoms with Gasteiger partial charge in [-0.3, -0.25) is 9.59 Å². The first-order valence-corrected chi connectivity index (χ1v) is 7.15. The lowest BCUT2D eigenvalue weighted by molar-refractivity contribution is -0.119. The summed E-state index contributed by atoms with van der Waals surface area (Å²) < 4.78 is 26.3. The molecule has 0 radical (unpaired) electrons. The maximum atomic E-state index is 13.2. The van der Waals surface area contributed by atoms with Crippen LogP contribution in [0, 0.1) is 11.6 Å². The van der Waals surface area contributed by atoms with Crippen LogP contribution in [0.3, 0.4) is 0 Å². The Bertz CT molecular complexity index is 802. The summed E-state index contributed by atoms with van der Waals surface area (Å²) in [6.07, 6.45) is -0.00122. The van der Waals surface area contributed by atoms with Crippen LogP contribution >= 0.6 is 0 Å². The molecule has 2 aromatic rings. The Hall–Kier alpha value is -3.29. The van der Waals surface area contributed by atoms with Crippen LogP contribution in [0.4, 0.5) is 8.78 Å². The predicted molar refractivity (Wildman–Crippen MR) is 83.9 cm³/mol. The maximum Gasteiger partial charge on any atom is 0.335 e. The van der Waals surface area contributed by atoms with E-state index in [-0.39, 0.29) is 17.5 Å². The molecule has 2 amide bonds. The van der Waals surface area contributed by atoms with E-state index in [1.165, 1.54) is 24.3 Å². The van der Waals surface area contributed by atoms with Gasteiger partial charge in [-0.2, -0.15) is 0 Å². The molecule has 0 unspecified atom stereocenters. The van der Waals surface area contributed by atoms with Crippen molar-refractivity contribution in [1.82, 2.24) is 5.32 Å². The van der Waals surface area contributed by atoms with Crippen molar-refractivity contribution in [2.45, 2.75) is 12.5 Å². The molecule has 0 spiro atoms. The highest BCUT2D eigenvalue weighted by atomic mass is 19.1. The minimum absolute atomic E-state index is 0.00122. The molecule has 8 heteroatoms. The maximum absolute atomic E-state index is 13.2. The van der Waals surface area contributed by atoms with E-state index in [2.05, 4.69) is 5.32 Å². The number of hydrogen-bond donors (Lipinski definition) is 3. The summed E-state index contributed by atoms with van der Waals surface area (Å²) in [5.41, 5.74) is 5.59. The summed E-state index contributed by atoms with van der Waals surface area (Å²) in [5, 5.41) is 11.2. The lowest BCUT2D eigenvalue weighted by Gasteiger charge is -2.16. The zero-order valence-corrected chi connectivity index (χ0v) is 12.8. The molecule has 0 aliphatic rings. The molecule has 0 bridgehead atoms. The van der Waals surface area contributed by atoms with Gasteiger partial charge in [0.1, 0.15) is 17.7 Å². The average Bonchev–Trinajstić information content (AvgIpc) is 2.53. The van der Waals surface area contributed by atoms with Crippen molar-refractivity contribution in [3.05, 3.63) is 70.8 Å². The van der Waals surface area contributed by atoms with Gasteiger partial charge in [0.25, 0.3) is 5.91 Å². The normalized spacial score (nSPS) is 11.6. The summed E-state index contributed by atoms with van der Waals surface area (Å²) in [6.45, 7) is 0. The standard InChI is InChI=1S/C17H14F2N2O4/c18-12-6-11(7-13(19)8-12)16(23)21-14(15(20)22)5-9-1-3-10(4-2-9)17(24)25/h1-4,6-8,14H,5H2,(H2,20,22)(H,21,23)(H,24,25)/t14-/m1/s1. The first-order valence-electron chi connectivity index (χ1n) is 7.15. The first-order chi connectivity index (χ1) is 11.8. The first kappa shape index (κ1) is 18.1. The molecule has 2 rings (SSSR count). The highest BCUT2D eigenvalue weighted by Gasteiger charge is 2.20. The number of amides is 2. The predicted octanol–water partition coefficient (Wildman–Crippen LogP) is 1.49. The van der Waals surface area contributed by atoms with Crippen LogP contribution in [0.2, 0.25) is 0 Å². The highest BCUT2D eigenvalue weighted by Crippen LogP contribution is 2.10. The van der Waals surface area contributed by atoms with Crippen LogP contribution in [-0.2, 0) is 11.2 Å². The van der Waals surface area contributed by atoms with Gasteiger partial charge in [-0.05, 0) is 29.8 Å². The summed E-state index contributed by atoms with van der Waals surface area (Å²) in [4.78, 5) is 34.4. The number of carboxylic acid groups (broad SMARTS) is 1. The quantitative estimate of drug-likeness (QED) is 0.735. The van der Waals surface area contributed by atoms with Crippen LogP contribution in [-0.4, -0.2) is 28.9 Å². The average molecular weight is 348 g/mol. The van der Waals surface area contributed by atoms with E-state index in [4.69, 9.17) is 10.8 Å². The van der Waals surface area contributed by atoms with Crippen molar-refractivity contribution in [2.75, 3.05) is 0 Å². The van der Waals surface area contributed by atoms with Gasteiger partial charge in [0.05, 0.1) is 5.56 Å². The molecule has 2 aromatic carbocycles. The Labute approximate surface area is 141 Å². The molecule has 0 aromatic heterocycles. The smallest absolute Gasteiger partial charge is 0.335 e. The van der Waals surface area contributed by atoms with Crippen LogP contribution in [0.15, 0.2) is 42.5 Å². The number of rotatable bonds is 6. The van der Waals surface area contributed by atoms with Gasteiger partial charge in [-0.25, -0.2) is 13.6 Å². The van der Waals surface area contributed by atoms with Gasteiger partial charge < -0.3 is 16.2 Å². The Morgan fingerprint density at radius 2 is 1.56 bits per heavy atom. The van der Waals surface area contributed by atoms with Crippen LogP contribution in [0.25, 0.3) is 0 Å². The Balaban J connectivity index is 2.13. The SMILES string of the molecule is NC(=O)[C@@H](Cc1ccc(C(=O)O)cc1)NC(=O)c1cc(F)cc(F)c1. The van der Waals surface area contributed by atoms with Crippen molar-refractivity contribution < 1.29 is 28.3 Å². The number of primary amides is 1. The second kappa shape index (κ2) is 7.52. The number of carbonyl (C=O) groups excluding carboxylic acids is 2. The molecule has 1 atom stereocenters. The summed E-state index contributed by atoms with van der Waals surface area (Å²) in [6, 6.07) is 6.80. The van der Waals surface area contributed by atoms with Crippen LogP contribution < -0.4 is 11.1 Å². The van der Waals surface area contributed by atoms with Crippen molar-refractivity contribution in [2.24, 2.45) is 5.73 Å². The second-order valence-electron chi connectivity index (χ2n) is 5.29. The third-order valence-electron chi connectivity index (χ3n) is 3.41. The van der Waals surface area contributed by atoms with Crippen molar-refractivity contribution in [3.63, 3.8) is 0 Å². The second-order valence-corrected chi connectivity index (χ2v) is 5.29. The molecule has 0 saturated carbocycles. The van der Waals surface area contributed by atoms with Crippen molar-refractivity contribution in [3.8, 4) is 0 Å². The van der Waals surface area contributed by atoms with E-state index >= 15 is 0 Å². The van der Waals surface area contributed by atoms with E-state index in [0.29, 0.717) is 11.6 Å². The zero-order chi connectivity index (χ0) is 18.6. The van der Waals surface area contributed by atoms with Gasteiger partial charge in [0.15, 0.2) is 0 Å². The number of halogens is 2. The van der Waals surface area contributed by atoms with E-state index in [1.54, 1.807) is 0 Å². The Morgan fingerprint density at radius 3 is 2.04 bits per heavy atom. The third kappa shape index (κ3) is 4.84. The number of carboxylic acids is 1. The lowest BCUT2D eigenvalue weighted by atomic mass is 10.0. The fraction of sp³-hybridized carbons (Fsp3) is 0.118. The fourth-order valence-corrected chi connectivity index (χ4v) is 2.17. The Morgan fingerprint density at radius 1 is 1.00 bits per heavy atom. The van der Waals surface area contributed by atoms with Crippen molar-refractivity contribution in [1.29, 1.82) is 0 Å². The molecule has 0 aliphatic carbocycles. The van der Waals surface area contributed by atoms with Gasteiger partial charge in [0.2, 0.25) is 5.91 Å². The molecule has 0 saturated heterocycles. The molecule has 25 heavy (non-hydrogen) atoms. The highest BCUT2D eigenvalue weighted by molar-refractivity contribution is 5.97. The summed E-state index contributed by atoms with van der Waals surface area (Å²) in [7, 11) is 0. The van der Waals surface area contributed by atoms with Gasteiger partial charge in [-0.15, -0.1) is 0 Å². The summed E-state index contributed by atoms with van der Waals surface area (Å²) >= 11 is 0. The van der Waals surface area contributed by atoms with E-state index in [9.17, 15) is 23.2 Å². The van der Waals surface area contributed by atoms with Crippen LogP contribution in [0.5, 0.6) is 0 Å². The largest absolute Gasteiger partial charge is 0.478 e. The molecular weight excluding hydrogens is 334 g/mol. The van der Waals surface area contributed by atoms with Crippen molar-refractivity contribution >= 4 is 17.8 Å². The van der Waals surface area contributed by atoms with Gasteiger partial charge in [0, 0.05) is 18.1 Å². The van der Waals surface area contributed by atoms with E-state index in [1.807, 2.05) is 0 Å². The minimum atomic E-state index is -1.13. The van der Waals surface area contributed by atoms with E-state index < -0.39 is 35.5 Å². The topological polar surface area (TPSA) is 109 Å². The van der Waals surface area contributed by atoms with Crippen LogP contribution in [0.1, 0.15) is 26.3 Å². The Kier molecular flexibility index (Phi) is 5.43. The minimum Gasteiger partial charge on any atom is -0.478 e. The lowest BCUT2D eigenvalue weighted by Crippen LogP contribution is -2.45. The fourth-order valence-electron chi connectivity index (χ4n) is 2.17. The van der Waals surface area contributed by atoms with Gasteiger partial charge in [-0.1, -0.05) is 12.1 Å². The summed E-state index contributed by atoms with van der Waals surface area (Å²) in [5.74, 6) is -4.65.